The molecule has 0 radical (unpaired) electrons. The van der Waals surface area contributed by atoms with E-state index in [1.165, 1.54) is 134 Å². The van der Waals surface area contributed by atoms with Crippen molar-refractivity contribution in [2.75, 3.05) is 0 Å². The lowest BCUT2D eigenvalue weighted by Crippen LogP contribution is -2.46. The summed E-state index contributed by atoms with van der Waals surface area (Å²) in [6, 6.07) is 0.756. The van der Waals surface area contributed by atoms with Crippen molar-refractivity contribution in [3.8, 4) is 0 Å². The third kappa shape index (κ3) is 8.67. The van der Waals surface area contributed by atoms with Crippen LogP contribution in [-0.4, -0.2) is 17.0 Å². The normalized spacial score (nSPS) is 36.3. The molecule has 0 spiro atoms. The third-order valence-corrected chi connectivity index (χ3v) is 15.6. The predicted molar refractivity (Wildman–Crippen MR) is 234 cm³/mol. The Kier molecular flexibility index (Phi) is 12.1. The van der Waals surface area contributed by atoms with Gasteiger partial charge in [-0.15, -0.1) is 0 Å². The first-order chi connectivity index (χ1) is 27.3. The van der Waals surface area contributed by atoms with Gasteiger partial charge in [0.1, 0.15) is 0 Å². The Hall–Kier alpha value is -3.32. The summed E-state index contributed by atoms with van der Waals surface area (Å²) in [6.07, 6.45) is 72.7. The highest BCUT2D eigenvalue weighted by molar-refractivity contribution is 5.46. The predicted octanol–water partition coefficient (Wildman–Crippen LogP) is 14.5. The van der Waals surface area contributed by atoms with E-state index in [4.69, 9.17) is 0 Å². The van der Waals surface area contributed by atoms with E-state index >= 15 is 0 Å². The first-order valence-electron chi connectivity index (χ1n) is 23.2. The van der Waals surface area contributed by atoms with Crippen LogP contribution >= 0.6 is 0 Å². The van der Waals surface area contributed by atoms with Crippen LogP contribution in [0.4, 0.5) is 0 Å². The molecule has 0 aromatic heterocycles. The van der Waals surface area contributed by atoms with E-state index in [2.05, 4.69) is 114 Å². The highest BCUT2D eigenvalue weighted by Crippen LogP contribution is 2.46. The molecule has 0 saturated carbocycles. The van der Waals surface area contributed by atoms with Gasteiger partial charge in [0.15, 0.2) is 0 Å². The maximum absolute atomic E-state index is 2.91. The lowest BCUT2D eigenvalue weighted by atomic mass is 9.68. The lowest BCUT2D eigenvalue weighted by Gasteiger charge is -2.45. The Morgan fingerprint density at radius 1 is 0.545 bits per heavy atom. The minimum atomic E-state index is 0.370. The van der Waals surface area contributed by atoms with Gasteiger partial charge in [-0.1, -0.05) is 120 Å². The van der Waals surface area contributed by atoms with Gasteiger partial charge >= 0.3 is 0 Å². The molecule has 0 fully saturated rings. The number of allylic oxidation sites excluding steroid dienone is 19. The molecule has 1 nitrogen and oxygen atoms in total. The van der Waals surface area contributed by atoms with Crippen LogP contribution in [-0.2, 0) is 0 Å². The van der Waals surface area contributed by atoms with Crippen LogP contribution < -0.4 is 0 Å². The summed E-state index contributed by atoms with van der Waals surface area (Å²) < 4.78 is 0. The Morgan fingerprint density at radius 2 is 1.35 bits per heavy atom. The van der Waals surface area contributed by atoms with Crippen LogP contribution in [0.15, 0.2) is 143 Å². The van der Waals surface area contributed by atoms with Crippen molar-refractivity contribution in [3.05, 3.63) is 143 Å². The zero-order chi connectivity index (χ0) is 36.8. The van der Waals surface area contributed by atoms with E-state index in [0.29, 0.717) is 23.9 Å². The zero-order valence-electron chi connectivity index (χ0n) is 33.9. The Bertz CT molecular complexity index is 1760. The first kappa shape index (κ1) is 37.3. The summed E-state index contributed by atoms with van der Waals surface area (Å²) in [5.74, 6) is 5.27. The molecule has 290 valence electrons. The zero-order valence-corrected chi connectivity index (χ0v) is 33.9. The highest BCUT2D eigenvalue weighted by Gasteiger charge is 2.37. The van der Waals surface area contributed by atoms with Crippen LogP contribution in [0.2, 0.25) is 0 Å². The fourth-order valence-corrected chi connectivity index (χ4v) is 12.4. The topological polar surface area (TPSA) is 3.24 Å². The second kappa shape index (κ2) is 17.9. The first-order valence-corrected chi connectivity index (χ1v) is 23.2. The van der Waals surface area contributed by atoms with Crippen LogP contribution in [0.3, 0.4) is 0 Å². The minimum absolute atomic E-state index is 0.370. The fourth-order valence-electron chi connectivity index (χ4n) is 12.4. The molecule has 0 aromatic carbocycles. The van der Waals surface area contributed by atoms with Gasteiger partial charge in [0, 0.05) is 11.6 Å². The molecule has 9 rings (SSSR count). The molecule has 0 aromatic rings. The van der Waals surface area contributed by atoms with Gasteiger partial charge in [0.25, 0.3) is 0 Å². The lowest BCUT2D eigenvalue weighted by molar-refractivity contribution is 0.204. The maximum Gasteiger partial charge on any atom is 0.0579 e. The van der Waals surface area contributed by atoms with Gasteiger partial charge in [-0.3, -0.25) is 0 Å². The van der Waals surface area contributed by atoms with Crippen molar-refractivity contribution < 1.29 is 0 Å². The molecule has 0 aliphatic heterocycles. The van der Waals surface area contributed by atoms with Gasteiger partial charge in [0.05, 0.1) is 12.1 Å². The molecule has 9 aliphatic carbocycles. The number of nitrogens with zero attached hydrogens (tertiary/aromatic N) is 1. The van der Waals surface area contributed by atoms with Gasteiger partial charge in [-0.2, -0.15) is 0 Å². The van der Waals surface area contributed by atoms with E-state index in [1.54, 1.807) is 28.0 Å². The molecule has 0 amide bonds. The van der Waals surface area contributed by atoms with Crippen LogP contribution in [0.1, 0.15) is 135 Å². The molecule has 55 heavy (non-hydrogen) atoms. The van der Waals surface area contributed by atoms with Crippen molar-refractivity contribution in [1.82, 2.24) is 4.90 Å². The third-order valence-electron chi connectivity index (χ3n) is 15.6. The minimum Gasteiger partial charge on any atom is -0.361 e. The molecule has 1 heteroatoms. The van der Waals surface area contributed by atoms with E-state index in [1.807, 2.05) is 0 Å². The Morgan fingerprint density at radius 3 is 2.02 bits per heavy atom. The summed E-state index contributed by atoms with van der Waals surface area (Å²) in [5, 5.41) is 0. The summed E-state index contributed by atoms with van der Waals surface area (Å²) in [6.45, 7) is 0. The molecule has 9 atom stereocenters. The van der Waals surface area contributed by atoms with Gasteiger partial charge in [-0.25, -0.2) is 0 Å². The SMILES string of the molecule is C1=CC(C2=CCC(C3CC=CCC3)CC2)C(N(C2=CC=C(C3CC=CCC3)CC2)C2C=CC(C3=CC(C4=CCCCC4)CC(C4CC=CCC4)C3)=CC2)C=C1. The Balaban J connectivity index is 0.982. The molecular weight excluding hydrogens is 663 g/mol. The molecule has 0 N–H and O–H groups in total. The number of rotatable bonds is 9. The molecular formula is C54H69N. The van der Waals surface area contributed by atoms with Gasteiger partial charge in [0.2, 0.25) is 0 Å². The highest BCUT2D eigenvalue weighted by atomic mass is 15.2. The largest absolute Gasteiger partial charge is 0.361 e. The van der Waals surface area contributed by atoms with Gasteiger partial charge < -0.3 is 4.90 Å². The summed E-state index contributed by atoms with van der Waals surface area (Å²) in [7, 11) is 0. The molecule has 9 aliphatic rings. The van der Waals surface area contributed by atoms with Crippen LogP contribution in [0.5, 0.6) is 0 Å². The second-order valence-electron chi connectivity index (χ2n) is 18.8. The Labute approximate surface area is 335 Å². The monoisotopic (exact) mass is 732 g/mol. The van der Waals surface area contributed by atoms with E-state index in [0.717, 1.165) is 36.0 Å². The van der Waals surface area contributed by atoms with E-state index in [-0.39, 0.29) is 0 Å². The second-order valence-corrected chi connectivity index (χ2v) is 18.8. The molecule has 0 saturated heterocycles. The van der Waals surface area contributed by atoms with E-state index < -0.39 is 0 Å². The molecule has 9 unspecified atom stereocenters. The average molecular weight is 732 g/mol. The van der Waals surface area contributed by atoms with E-state index in [9.17, 15) is 0 Å². The van der Waals surface area contributed by atoms with Crippen molar-refractivity contribution >= 4 is 0 Å². The van der Waals surface area contributed by atoms with Crippen LogP contribution in [0.25, 0.3) is 0 Å². The maximum atomic E-state index is 2.91. The van der Waals surface area contributed by atoms with Crippen molar-refractivity contribution in [3.63, 3.8) is 0 Å². The van der Waals surface area contributed by atoms with Crippen LogP contribution in [0, 0.1) is 41.4 Å². The van der Waals surface area contributed by atoms with Crippen molar-refractivity contribution in [2.45, 2.75) is 147 Å². The summed E-state index contributed by atoms with van der Waals surface area (Å²) in [4.78, 5) is 2.91. The quantitative estimate of drug-likeness (QED) is 0.213. The standard InChI is InChI=1S/C54H69N/c1-5-15-40(16-6-1)44-25-27-47(28-26-44)53-23-13-14-24-54(53)55(51-33-29-45(30-34-51)41-17-7-2-8-18-41)52-35-31-46(32-36-52)50-38-48(42-19-9-3-10-20-42)37-49(39-50)43-21-11-4-12-22-43/h1-3,5,7,9,13-14,21,23-24,27,29,31-33,35,39-42,44,48-49,52-54H,4,6,8,10-12,15-20,22,25-26,28,30,34,36-38H2. The number of hydrogen-bond donors (Lipinski definition) is 0. The van der Waals surface area contributed by atoms with Crippen molar-refractivity contribution in [1.29, 1.82) is 0 Å². The fraction of sp³-hybridized carbons (Fsp3) is 0.556. The van der Waals surface area contributed by atoms with Gasteiger partial charge in [-0.05, 0) is 188 Å². The number of hydrogen-bond acceptors (Lipinski definition) is 1. The average Bonchev–Trinajstić information content (AvgIpc) is 3.28. The summed E-state index contributed by atoms with van der Waals surface area (Å²) >= 11 is 0. The van der Waals surface area contributed by atoms with Crippen molar-refractivity contribution in [2.24, 2.45) is 41.4 Å². The summed E-state index contributed by atoms with van der Waals surface area (Å²) in [5.41, 5.74) is 9.91. The smallest absolute Gasteiger partial charge is 0.0579 e. The molecule has 0 bridgehead atoms. The molecule has 0 heterocycles.